The molecule has 0 saturated heterocycles. The minimum Gasteiger partial charge on any atom is -0.494 e. The third kappa shape index (κ3) is 3.49. The minimum atomic E-state index is 0.571. The standard InChI is InChI=1S/C24H23N7O/c1-3-8-21-26-22-20(32-2)13-14-25-24(22)31(21)15-16-9-4-5-10-17(16)18-11-6-7-12-19(18)23-27-29-30-28-23/h4-7,9-14H,3,8,15H2,1-2H3,(H,27,28,29,30). The Hall–Kier alpha value is -4.07. The van der Waals surface area contributed by atoms with Crippen LogP contribution >= 0.6 is 0 Å². The Bertz CT molecular complexity index is 1360. The van der Waals surface area contributed by atoms with Crippen LogP contribution in [0.1, 0.15) is 24.7 Å². The second kappa shape index (κ2) is 8.58. The molecule has 8 heteroatoms. The number of pyridine rings is 1. The van der Waals surface area contributed by atoms with E-state index in [-0.39, 0.29) is 0 Å². The molecule has 0 unspecified atom stereocenters. The van der Waals surface area contributed by atoms with Gasteiger partial charge in [-0.05, 0) is 28.3 Å². The minimum absolute atomic E-state index is 0.571. The quantitative estimate of drug-likeness (QED) is 0.418. The summed E-state index contributed by atoms with van der Waals surface area (Å²) in [5.41, 5.74) is 5.87. The van der Waals surface area contributed by atoms with E-state index in [0.29, 0.717) is 12.4 Å². The van der Waals surface area contributed by atoms with Crippen LogP contribution in [0.4, 0.5) is 0 Å². The van der Waals surface area contributed by atoms with E-state index in [9.17, 15) is 0 Å². The van der Waals surface area contributed by atoms with Gasteiger partial charge < -0.3 is 9.30 Å². The van der Waals surface area contributed by atoms with Crippen LogP contribution in [0.2, 0.25) is 0 Å². The molecule has 0 radical (unpaired) electrons. The summed E-state index contributed by atoms with van der Waals surface area (Å²) in [5.74, 6) is 2.31. The summed E-state index contributed by atoms with van der Waals surface area (Å²) in [4.78, 5) is 9.51. The lowest BCUT2D eigenvalue weighted by Crippen LogP contribution is -2.07. The first kappa shape index (κ1) is 19.9. The lowest BCUT2D eigenvalue weighted by atomic mass is 9.95. The molecule has 3 heterocycles. The average molecular weight is 425 g/mol. The largest absolute Gasteiger partial charge is 0.494 e. The van der Waals surface area contributed by atoms with E-state index < -0.39 is 0 Å². The number of tetrazole rings is 1. The van der Waals surface area contributed by atoms with Crippen LogP contribution in [0.15, 0.2) is 60.8 Å². The summed E-state index contributed by atoms with van der Waals surface area (Å²) in [6.07, 6.45) is 3.63. The maximum Gasteiger partial charge on any atom is 0.205 e. The molecule has 0 bridgehead atoms. The number of aromatic amines is 1. The Morgan fingerprint density at radius 2 is 1.75 bits per heavy atom. The first-order valence-electron chi connectivity index (χ1n) is 10.6. The van der Waals surface area contributed by atoms with Gasteiger partial charge in [-0.2, -0.15) is 5.21 Å². The van der Waals surface area contributed by atoms with Crippen molar-refractivity contribution >= 4 is 11.2 Å². The van der Waals surface area contributed by atoms with Crippen molar-refractivity contribution in [3.05, 3.63) is 72.2 Å². The van der Waals surface area contributed by atoms with Gasteiger partial charge in [0, 0.05) is 24.2 Å². The number of nitrogens with zero attached hydrogens (tertiary/aromatic N) is 6. The second-order valence-corrected chi connectivity index (χ2v) is 7.49. The number of aromatic nitrogens is 7. The van der Waals surface area contributed by atoms with Crippen molar-refractivity contribution in [1.82, 2.24) is 35.2 Å². The van der Waals surface area contributed by atoms with Gasteiger partial charge in [0.05, 0.1) is 13.7 Å². The molecule has 0 spiro atoms. The van der Waals surface area contributed by atoms with E-state index in [1.54, 1.807) is 13.3 Å². The summed E-state index contributed by atoms with van der Waals surface area (Å²) < 4.78 is 7.73. The fraction of sp³-hybridized carbons (Fsp3) is 0.208. The molecule has 0 fully saturated rings. The fourth-order valence-corrected chi connectivity index (χ4v) is 4.07. The Morgan fingerprint density at radius 3 is 2.50 bits per heavy atom. The third-order valence-electron chi connectivity index (χ3n) is 5.52. The Labute approximate surface area is 185 Å². The average Bonchev–Trinajstić information content (AvgIpc) is 3.49. The summed E-state index contributed by atoms with van der Waals surface area (Å²) in [6, 6.07) is 18.3. The number of hydrogen-bond acceptors (Lipinski definition) is 6. The number of nitrogens with one attached hydrogen (secondary N) is 1. The van der Waals surface area contributed by atoms with Crippen molar-refractivity contribution in [3.8, 4) is 28.3 Å². The maximum absolute atomic E-state index is 5.54. The summed E-state index contributed by atoms with van der Waals surface area (Å²) >= 11 is 0. The van der Waals surface area contributed by atoms with Gasteiger partial charge >= 0.3 is 0 Å². The smallest absolute Gasteiger partial charge is 0.205 e. The normalized spacial score (nSPS) is 11.2. The SMILES string of the molecule is CCCc1nc2c(OC)ccnc2n1Cc1ccccc1-c1ccccc1-c1nn[nH]n1. The first-order valence-corrected chi connectivity index (χ1v) is 10.6. The highest BCUT2D eigenvalue weighted by Crippen LogP contribution is 2.33. The number of fused-ring (bicyclic) bond motifs is 1. The monoisotopic (exact) mass is 425 g/mol. The second-order valence-electron chi connectivity index (χ2n) is 7.49. The van der Waals surface area contributed by atoms with Crippen LogP contribution in [0.5, 0.6) is 5.75 Å². The molecule has 5 aromatic rings. The molecule has 8 nitrogen and oxygen atoms in total. The van der Waals surface area contributed by atoms with Crippen molar-refractivity contribution in [1.29, 1.82) is 0 Å². The van der Waals surface area contributed by atoms with Crippen LogP contribution < -0.4 is 4.74 Å². The van der Waals surface area contributed by atoms with Gasteiger partial charge in [-0.15, -0.1) is 10.2 Å². The third-order valence-corrected chi connectivity index (χ3v) is 5.52. The highest BCUT2D eigenvalue weighted by Gasteiger charge is 2.18. The van der Waals surface area contributed by atoms with Gasteiger partial charge in [-0.1, -0.05) is 55.5 Å². The van der Waals surface area contributed by atoms with E-state index in [0.717, 1.165) is 57.8 Å². The maximum atomic E-state index is 5.54. The number of methoxy groups -OCH3 is 1. The van der Waals surface area contributed by atoms with E-state index in [2.05, 4.69) is 61.4 Å². The number of imidazole rings is 1. The van der Waals surface area contributed by atoms with Gasteiger partial charge in [-0.25, -0.2) is 9.97 Å². The summed E-state index contributed by atoms with van der Waals surface area (Å²) in [6.45, 7) is 2.80. The molecule has 0 aliphatic carbocycles. The van der Waals surface area contributed by atoms with Crippen molar-refractivity contribution in [3.63, 3.8) is 0 Å². The Kier molecular flexibility index (Phi) is 5.33. The van der Waals surface area contributed by atoms with Crippen molar-refractivity contribution in [2.45, 2.75) is 26.3 Å². The zero-order valence-corrected chi connectivity index (χ0v) is 18.0. The van der Waals surface area contributed by atoms with Gasteiger partial charge in [0.25, 0.3) is 0 Å². The zero-order chi connectivity index (χ0) is 21.9. The highest BCUT2D eigenvalue weighted by atomic mass is 16.5. The van der Waals surface area contributed by atoms with Gasteiger partial charge in [0.1, 0.15) is 17.1 Å². The van der Waals surface area contributed by atoms with Crippen molar-refractivity contribution < 1.29 is 4.74 Å². The molecule has 0 aliphatic rings. The van der Waals surface area contributed by atoms with Gasteiger partial charge in [0.2, 0.25) is 5.82 Å². The molecule has 0 amide bonds. The van der Waals surface area contributed by atoms with Crippen molar-refractivity contribution in [2.75, 3.05) is 7.11 Å². The number of hydrogen-bond donors (Lipinski definition) is 1. The molecular formula is C24H23N7O. The first-order chi connectivity index (χ1) is 15.8. The highest BCUT2D eigenvalue weighted by molar-refractivity contribution is 5.82. The molecule has 2 aromatic carbocycles. The van der Waals surface area contributed by atoms with Crippen LogP contribution in [-0.4, -0.2) is 42.3 Å². The summed E-state index contributed by atoms with van der Waals surface area (Å²) in [5, 5.41) is 14.7. The number of rotatable bonds is 7. The number of aryl methyl sites for hydroxylation is 1. The fourth-order valence-electron chi connectivity index (χ4n) is 4.07. The van der Waals surface area contributed by atoms with Crippen LogP contribution in [0.3, 0.4) is 0 Å². The molecule has 3 aromatic heterocycles. The lowest BCUT2D eigenvalue weighted by molar-refractivity contribution is 0.418. The number of H-pyrrole nitrogens is 1. The zero-order valence-electron chi connectivity index (χ0n) is 18.0. The lowest BCUT2D eigenvalue weighted by Gasteiger charge is -2.15. The molecule has 5 rings (SSSR count). The predicted octanol–water partition coefficient (Wildman–Crippen LogP) is 4.29. The molecule has 0 atom stereocenters. The molecular weight excluding hydrogens is 402 g/mol. The predicted molar refractivity (Wildman–Crippen MR) is 122 cm³/mol. The van der Waals surface area contributed by atoms with E-state index in [1.165, 1.54) is 0 Å². The molecule has 160 valence electrons. The van der Waals surface area contributed by atoms with Gasteiger partial charge in [0.15, 0.2) is 5.65 Å². The van der Waals surface area contributed by atoms with E-state index >= 15 is 0 Å². The van der Waals surface area contributed by atoms with Crippen LogP contribution in [-0.2, 0) is 13.0 Å². The van der Waals surface area contributed by atoms with Crippen molar-refractivity contribution in [2.24, 2.45) is 0 Å². The Balaban J connectivity index is 1.65. The van der Waals surface area contributed by atoms with Crippen LogP contribution in [0, 0.1) is 0 Å². The number of ether oxygens (including phenoxy) is 1. The van der Waals surface area contributed by atoms with Gasteiger partial charge in [-0.3, -0.25) is 0 Å². The molecule has 0 aliphatic heterocycles. The molecule has 32 heavy (non-hydrogen) atoms. The topological polar surface area (TPSA) is 94.4 Å². The molecule has 1 N–H and O–H groups in total. The summed E-state index contributed by atoms with van der Waals surface area (Å²) in [7, 11) is 1.66. The van der Waals surface area contributed by atoms with E-state index in [4.69, 9.17) is 9.72 Å². The number of benzene rings is 2. The molecule has 0 saturated carbocycles. The van der Waals surface area contributed by atoms with E-state index in [1.807, 2.05) is 30.3 Å². The van der Waals surface area contributed by atoms with Crippen LogP contribution in [0.25, 0.3) is 33.7 Å². The Morgan fingerprint density at radius 1 is 0.969 bits per heavy atom.